The zero-order valence-electron chi connectivity index (χ0n) is 11.8. The van der Waals surface area contributed by atoms with E-state index in [-0.39, 0.29) is 0 Å². The fourth-order valence-corrected chi connectivity index (χ4v) is 3.34. The van der Waals surface area contributed by atoms with E-state index >= 15 is 0 Å². The van der Waals surface area contributed by atoms with E-state index in [9.17, 15) is 4.79 Å². The summed E-state index contributed by atoms with van der Waals surface area (Å²) < 4.78 is 0. The Labute approximate surface area is 111 Å². The highest BCUT2D eigenvalue weighted by molar-refractivity contribution is 5.78. The molecular formula is C15H28N2O. The molecule has 18 heavy (non-hydrogen) atoms. The Hall–Kier alpha value is -0.570. The fourth-order valence-electron chi connectivity index (χ4n) is 3.34. The number of rotatable bonds is 5. The van der Waals surface area contributed by atoms with Crippen molar-refractivity contribution in [2.45, 2.75) is 51.9 Å². The molecule has 0 unspecified atom stereocenters. The lowest BCUT2D eigenvalue weighted by Crippen LogP contribution is -2.37. The average molecular weight is 252 g/mol. The van der Waals surface area contributed by atoms with Gasteiger partial charge in [-0.15, -0.1) is 0 Å². The number of carbonyl (C=O) groups excluding carboxylic acids is 1. The van der Waals surface area contributed by atoms with E-state index in [1.54, 1.807) is 0 Å². The average Bonchev–Trinajstić information content (AvgIpc) is 2.88. The van der Waals surface area contributed by atoms with Crippen LogP contribution in [0.3, 0.4) is 0 Å². The molecule has 2 rings (SSSR count). The molecule has 0 aromatic rings. The minimum atomic E-state index is 0.305. The Morgan fingerprint density at radius 2 is 2.00 bits per heavy atom. The highest BCUT2D eigenvalue weighted by Crippen LogP contribution is 2.24. The molecule has 1 amide bonds. The monoisotopic (exact) mass is 252 g/mol. The van der Waals surface area contributed by atoms with Crippen LogP contribution in [0.1, 0.15) is 51.9 Å². The molecule has 0 aromatic carbocycles. The molecule has 1 aliphatic carbocycles. The second kappa shape index (κ2) is 7.13. The summed E-state index contributed by atoms with van der Waals surface area (Å²) in [6, 6.07) is 0. The highest BCUT2D eigenvalue weighted by atomic mass is 16.1. The first kappa shape index (κ1) is 13.9. The maximum Gasteiger partial charge on any atom is 0.223 e. The number of nitrogens with one attached hydrogen (secondary N) is 1. The lowest BCUT2D eigenvalue weighted by molar-refractivity contribution is -0.124. The smallest absolute Gasteiger partial charge is 0.223 e. The number of nitrogens with zero attached hydrogens (tertiary/aromatic N) is 1. The van der Waals surface area contributed by atoms with E-state index in [0.29, 0.717) is 11.8 Å². The van der Waals surface area contributed by atoms with Gasteiger partial charge in [0, 0.05) is 19.0 Å². The summed E-state index contributed by atoms with van der Waals surface area (Å²) in [5.74, 6) is 1.48. The maximum absolute atomic E-state index is 11.8. The Kier molecular flexibility index (Phi) is 5.48. The molecule has 3 nitrogen and oxygen atoms in total. The van der Waals surface area contributed by atoms with Crippen LogP contribution < -0.4 is 5.32 Å². The Morgan fingerprint density at radius 3 is 2.72 bits per heavy atom. The first-order valence-electron chi connectivity index (χ1n) is 7.76. The molecule has 104 valence electrons. The van der Waals surface area contributed by atoms with Gasteiger partial charge in [-0.1, -0.05) is 19.8 Å². The Morgan fingerprint density at radius 1 is 1.22 bits per heavy atom. The molecule has 1 N–H and O–H groups in total. The second-order valence-corrected chi connectivity index (χ2v) is 6.17. The van der Waals surface area contributed by atoms with Crippen LogP contribution in [0.15, 0.2) is 0 Å². The molecule has 0 radical (unpaired) electrons. The summed E-state index contributed by atoms with van der Waals surface area (Å²) in [4.78, 5) is 14.4. The van der Waals surface area contributed by atoms with Gasteiger partial charge in [0.05, 0.1) is 0 Å². The summed E-state index contributed by atoms with van der Waals surface area (Å²) in [5, 5.41) is 3.11. The SMILES string of the molecule is C[C@H]1CCCN(CCCNC(=O)C2CCCC2)C1. The molecule has 2 fully saturated rings. The molecule has 1 atom stereocenters. The second-order valence-electron chi connectivity index (χ2n) is 6.17. The third-order valence-corrected chi connectivity index (χ3v) is 4.42. The quantitative estimate of drug-likeness (QED) is 0.762. The van der Waals surface area contributed by atoms with Crippen LogP contribution in [-0.4, -0.2) is 37.0 Å². The third-order valence-electron chi connectivity index (χ3n) is 4.42. The normalized spacial score (nSPS) is 26.4. The number of carbonyl (C=O) groups is 1. The van der Waals surface area contributed by atoms with Gasteiger partial charge >= 0.3 is 0 Å². The van der Waals surface area contributed by atoms with E-state index in [0.717, 1.165) is 38.3 Å². The van der Waals surface area contributed by atoms with Gasteiger partial charge in [-0.2, -0.15) is 0 Å². The van der Waals surface area contributed by atoms with Crippen LogP contribution in [0.5, 0.6) is 0 Å². The summed E-state index contributed by atoms with van der Waals surface area (Å²) in [6.45, 7) is 6.85. The Bertz CT molecular complexity index is 261. The van der Waals surface area contributed by atoms with E-state index in [1.165, 1.54) is 38.8 Å². The zero-order valence-corrected chi connectivity index (χ0v) is 11.8. The molecule has 0 aromatic heterocycles. The molecule has 1 heterocycles. The van der Waals surface area contributed by atoms with Gasteiger partial charge < -0.3 is 10.2 Å². The summed E-state index contributed by atoms with van der Waals surface area (Å²) >= 11 is 0. The first-order valence-corrected chi connectivity index (χ1v) is 7.76. The highest BCUT2D eigenvalue weighted by Gasteiger charge is 2.22. The lowest BCUT2D eigenvalue weighted by atomic mass is 10.0. The number of likely N-dealkylation sites (tertiary alicyclic amines) is 1. The van der Waals surface area contributed by atoms with Crippen molar-refractivity contribution in [1.82, 2.24) is 10.2 Å². The lowest BCUT2D eigenvalue weighted by Gasteiger charge is -2.30. The van der Waals surface area contributed by atoms with Crippen molar-refractivity contribution in [2.24, 2.45) is 11.8 Å². The molecule has 1 saturated carbocycles. The first-order chi connectivity index (χ1) is 8.75. The van der Waals surface area contributed by atoms with Gasteiger partial charge in [0.25, 0.3) is 0 Å². The van der Waals surface area contributed by atoms with Gasteiger partial charge in [0.15, 0.2) is 0 Å². The van der Waals surface area contributed by atoms with Gasteiger partial charge in [0.1, 0.15) is 0 Å². The van der Waals surface area contributed by atoms with E-state index < -0.39 is 0 Å². The van der Waals surface area contributed by atoms with Crippen molar-refractivity contribution < 1.29 is 4.79 Å². The van der Waals surface area contributed by atoms with Crippen LogP contribution in [0.25, 0.3) is 0 Å². The number of piperidine rings is 1. The van der Waals surface area contributed by atoms with Crippen molar-refractivity contribution in [2.75, 3.05) is 26.2 Å². The molecule has 0 bridgehead atoms. The largest absolute Gasteiger partial charge is 0.356 e. The zero-order chi connectivity index (χ0) is 12.8. The van der Waals surface area contributed by atoms with Gasteiger partial charge in [0.2, 0.25) is 5.91 Å². The molecule has 3 heteroatoms. The fraction of sp³-hybridized carbons (Fsp3) is 0.933. The minimum Gasteiger partial charge on any atom is -0.356 e. The molecule has 0 spiro atoms. The third kappa shape index (κ3) is 4.27. The van der Waals surface area contributed by atoms with Crippen molar-refractivity contribution in [1.29, 1.82) is 0 Å². The predicted octanol–water partition coefficient (Wildman–Crippen LogP) is 2.41. The molecular weight excluding hydrogens is 224 g/mol. The van der Waals surface area contributed by atoms with Crippen LogP contribution >= 0.6 is 0 Å². The van der Waals surface area contributed by atoms with E-state index in [4.69, 9.17) is 0 Å². The van der Waals surface area contributed by atoms with Crippen LogP contribution in [0.4, 0.5) is 0 Å². The van der Waals surface area contributed by atoms with E-state index in [2.05, 4.69) is 17.1 Å². The number of amides is 1. The summed E-state index contributed by atoms with van der Waals surface area (Å²) in [5.41, 5.74) is 0. The van der Waals surface area contributed by atoms with Crippen molar-refractivity contribution >= 4 is 5.91 Å². The van der Waals surface area contributed by atoms with Crippen LogP contribution in [0, 0.1) is 11.8 Å². The predicted molar refractivity (Wildman–Crippen MR) is 74.4 cm³/mol. The summed E-state index contributed by atoms with van der Waals surface area (Å²) in [7, 11) is 0. The van der Waals surface area contributed by atoms with Crippen molar-refractivity contribution in [3.05, 3.63) is 0 Å². The van der Waals surface area contributed by atoms with Gasteiger partial charge in [-0.05, 0) is 51.1 Å². The number of hydrogen-bond acceptors (Lipinski definition) is 2. The van der Waals surface area contributed by atoms with Crippen LogP contribution in [0.2, 0.25) is 0 Å². The molecule has 1 aliphatic heterocycles. The standard InChI is InChI=1S/C15H28N2O/c1-13-6-4-10-17(12-13)11-5-9-16-15(18)14-7-2-3-8-14/h13-14H,2-12H2,1H3,(H,16,18)/t13-/m0/s1. The van der Waals surface area contributed by atoms with E-state index in [1.807, 2.05) is 0 Å². The maximum atomic E-state index is 11.8. The van der Waals surface area contributed by atoms with Crippen molar-refractivity contribution in [3.8, 4) is 0 Å². The van der Waals surface area contributed by atoms with Gasteiger partial charge in [-0.3, -0.25) is 4.79 Å². The van der Waals surface area contributed by atoms with Crippen molar-refractivity contribution in [3.63, 3.8) is 0 Å². The van der Waals surface area contributed by atoms with Gasteiger partial charge in [-0.25, -0.2) is 0 Å². The van der Waals surface area contributed by atoms with Crippen LogP contribution in [-0.2, 0) is 4.79 Å². The summed E-state index contributed by atoms with van der Waals surface area (Å²) in [6.07, 6.45) is 8.52. The Balaban J connectivity index is 1.53. The molecule has 2 aliphatic rings. The number of hydrogen-bond donors (Lipinski definition) is 1. The topological polar surface area (TPSA) is 32.3 Å². The molecule has 1 saturated heterocycles. The minimum absolute atomic E-state index is 0.305.